The van der Waals surface area contributed by atoms with E-state index in [9.17, 15) is 22.8 Å². The van der Waals surface area contributed by atoms with E-state index in [2.05, 4.69) is 9.97 Å². The largest absolute Gasteiger partial charge is 0.364 e. The lowest BCUT2D eigenvalue weighted by Gasteiger charge is -2.25. The quantitative estimate of drug-likeness (QED) is 0.389. The number of nitrogens with one attached hydrogen (secondary N) is 1. The smallest absolute Gasteiger partial charge is 0.268 e. The first kappa shape index (κ1) is 23.5. The van der Waals surface area contributed by atoms with E-state index in [1.807, 2.05) is 0 Å². The lowest BCUT2D eigenvalue weighted by Crippen LogP contribution is -2.17. The Balaban J connectivity index is 0.000000172. The number of primary amides is 1. The topological polar surface area (TPSA) is 88.8 Å². The van der Waals surface area contributed by atoms with Crippen molar-refractivity contribution in [2.45, 2.75) is 25.2 Å². The van der Waals surface area contributed by atoms with Gasteiger partial charge in [0.25, 0.3) is 5.91 Å². The molecule has 34 heavy (non-hydrogen) atoms. The molecular weight excluding hydrogens is 467 g/mol. The van der Waals surface area contributed by atoms with Crippen LogP contribution >= 0.6 is 11.6 Å². The van der Waals surface area contributed by atoms with Crippen molar-refractivity contribution in [1.82, 2.24) is 9.97 Å². The van der Waals surface area contributed by atoms with Crippen LogP contribution in [-0.2, 0) is 12.8 Å². The van der Waals surface area contributed by atoms with Gasteiger partial charge in [0.1, 0.15) is 11.5 Å². The highest BCUT2D eigenvalue weighted by molar-refractivity contribution is 6.31. The second-order valence-electron chi connectivity index (χ2n) is 7.91. The maximum absolute atomic E-state index is 13.5. The van der Waals surface area contributed by atoms with E-state index < -0.39 is 17.5 Å². The first-order valence-electron chi connectivity index (χ1n) is 10.4. The van der Waals surface area contributed by atoms with E-state index in [0.717, 1.165) is 30.0 Å². The van der Waals surface area contributed by atoms with Gasteiger partial charge in [0, 0.05) is 18.5 Å². The Kier molecular flexibility index (Phi) is 6.70. The number of carbonyl (C=O) groups excluding carboxylic acids is 1. The number of benzene rings is 2. The van der Waals surface area contributed by atoms with Crippen molar-refractivity contribution in [3.8, 4) is 0 Å². The van der Waals surface area contributed by atoms with Gasteiger partial charge in [0.2, 0.25) is 0 Å². The average molecular weight is 486 g/mol. The molecule has 5 rings (SSSR count). The van der Waals surface area contributed by atoms with Gasteiger partial charge in [-0.25, -0.2) is 13.2 Å². The number of hydrogen-bond acceptors (Lipinski definition) is 3. The molecule has 0 saturated carbocycles. The number of nitrogens with two attached hydrogens (primary N) is 1. The Hall–Kier alpha value is -3.65. The van der Waals surface area contributed by atoms with Crippen molar-refractivity contribution in [1.29, 1.82) is 0 Å². The third-order valence-corrected chi connectivity index (χ3v) is 6.19. The van der Waals surface area contributed by atoms with E-state index in [4.69, 9.17) is 17.3 Å². The van der Waals surface area contributed by atoms with Gasteiger partial charge in [-0.15, -0.1) is 0 Å². The Morgan fingerprint density at radius 3 is 2.65 bits per heavy atom. The third kappa shape index (κ3) is 4.68. The average Bonchev–Trinajstić information content (AvgIpc) is 2.82. The van der Waals surface area contributed by atoms with E-state index >= 15 is 0 Å². The number of hydrogen-bond donors (Lipinski definition) is 2. The van der Waals surface area contributed by atoms with Gasteiger partial charge in [0.05, 0.1) is 15.9 Å². The third-order valence-electron chi connectivity index (χ3n) is 5.81. The number of amides is 1. The molecule has 1 aliphatic rings. The van der Waals surface area contributed by atoms with Crippen molar-refractivity contribution in [3.05, 3.63) is 110 Å². The van der Waals surface area contributed by atoms with Crippen LogP contribution in [0.4, 0.5) is 13.2 Å². The van der Waals surface area contributed by atoms with E-state index in [0.29, 0.717) is 17.5 Å². The molecule has 2 heterocycles. The number of aromatic nitrogens is 2. The molecule has 2 aromatic carbocycles. The van der Waals surface area contributed by atoms with E-state index in [1.165, 1.54) is 36.7 Å². The molecule has 0 saturated heterocycles. The van der Waals surface area contributed by atoms with Crippen LogP contribution in [-0.4, -0.2) is 15.9 Å². The SMILES string of the molecule is Fc1ccc2c(c1)C[C@H](c1ccc(F)c(F)c1Cl)CC2.NC(=O)c1nccc2[nH]ccc(=O)c12. The summed E-state index contributed by atoms with van der Waals surface area (Å²) in [6.07, 6.45) is 5.12. The normalized spacial score (nSPS) is 14.8. The maximum Gasteiger partial charge on any atom is 0.268 e. The molecule has 1 aliphatic carbocycles. The van der Waals surface area contributed by atoms with Crippen LogP contribution in [0, 0.1) is 17.5 Å². The van der Waals surface area contributed by atoms with Crippen LogP contribution < -0.4 is 11.2 Å². The molecule has 174 valence electrons. The molecule has 0 radical (unpaired) electrons. The highest BCUT2D eigenvalue weighted by Gasteiger charge is 2.24. The predicted molar refractivity (Wildman–Crippen MR) is 123 cm³/mol. The second-order valence-corrected chi connectivity index (χ2v) is 8.28. The molecule has 2 aromatic heterocycles. The van der Waals surface area contributed by atoms with Crippen LogP contribution in [0.2, 0.25) is 5.02 Å². The highest BCUT2D eigenvalue weighted by atomic mass is 35.5. The summed E-state index contributed by atoms with van der Waals surface area (Å²) < 4.78 is 39.9. The van der Waals surface area contributed by atoms with Gasteiger partial charge in [-0.2, -0.15) is 0 Å². The number of aryl methyl sites for hydroxylation is 1. The van der Waals surface area contributed by atoms with Crippen LogP contribution in [0.5, 0.6) is 0 Å². The lowest BCUT2D eigenvalue weighted by molar-refractivity contribution is 0.0997. The number of aromatic amines is 1. The first-order valence-corrected chi connectivity index (χ1v) is 10.8. The number of pyridine rings is 2. The second kappa shape index (κ2) is 9.69. The number of nitrogens with zero attached hydrogens (tertiary/aromatic N) is 1. The van der Waals surface area contributed by atoms with E-state index in [1.54, 1.807) is 12.1 Å². The molecule has 0 unspecified atom stereocenters. The van der Waals surface area contributed by atoms with Gasteiger partial charge in [-0.05, 0) is 66.1 Å². The number of H-pyrrole nitrogens is 1. The van der Waals surface area contributed by atoms with Crippen LogP contribution in [0.25, 0.3) is 10.9 Å². The van der Waals surface area contributed by atoms with Crippen molar-refractivity contribution < 1.29 is 18.0 Å². The van der Waals surface area contributed by atoms with Crippen LogP contribution in [0.1, 0.15) is 39.5 Å². The molecule has 0 aliphatic heterocycles. The summed E-state index contributed by atoms with van der Waals surface area (Å²) in [5.74, 6) is -2.94. The minimum absolute atomic E-state index is 0.00403. The van der Waals surface area contributed by atoms with Crippen molar-refractivity contribution in [2.75, 3.05) is 0 Å². The Morgan fingerprint density at radius 1 is 1.09 bits per heavy atom. The maximum atomic E-state index is 13.5. The molecule has 4 aromatic rings. The van der Waals surface area contributed by atoms with Gasteiger partial charge in [-0.1, -0.05) is 23.7 Å². The Morgan fingerprint density at radius 2 is 1.88 bits per heavy atom. The van der Waals surface area contributed by atoms with Crippen molar-refractivity contribution in [2.24, 2.45) is 5.73 Å². The summed E-state index contributed by atoms with van der Waals surface area (Å²) in [5.41, 5.74) is 8.02. The van der Waals surface area contributed by atoms with Crippen molar-refractivity contribution >= 4 is 28.4 Å². The molecule has 9 heteroatoms. The summed E-state index contributed by atoms with van der Waals surface area (Å²) in [4.78, 5) is 29.0. The highest BCUT2D eigenvalue weighted by Crippen LogP contribution is 2.37. The first-order chi connectivity index (χ1) is 16.3. The molecule has 5 nitrogen and oxygen atoms in total. The van der Waals surface area contributed by atoms with Gasteiger partial charge in [-0.3, -0.25) is 14.6 Å². The lowest BCUT2D eigenvalue weighted by atomic mass is 9.80. The molecule has 1 amide bonds. The fourth-order valence-electron chi connectivity index (χ4n) is 4.16. The Bertz CT molecular complexity index is 1450. The summed E-state index contributed by atoms with van der Waals surface area (Å²) in [7, 11) is 0. The van der Waals surface area contributed by atoms with Gasteiger partial charge >= 0.3 is 0 Å². The zero-order valence-electron chi connectivity index (χ0n) is 17.7. The van der Waals surface area contributed by atoms with E-state index in [-0.39, 0.29) is 33.3 Å². The summed E-state index contributed by atoms with van der Waals surface area (Å²) in [5, 5.41) is 0.0809. The van der Waals surface area contributed by atoms with Gasteiger partial charge < -0.3 is 10.7 Å². The summed E-state index contributed by atoms with van der Waals surface area (Å²) >= 11 is 5.90. The monoisotopic (exact) mass is 485 g/mol. The Labute approximate surface area is 197 Å². The molecule has 0 fully saturated rings. The standard InChI is InChI=1S/C16H12ClF3.C9H7N3O2/c17-15-13(5-6-14(19)16(15)20)10-2-1-9-3-4-12(18)8-11(9)7-10;10-9(14)8-7-5(1-3-12-8)11-4-2-6(7)13/h3-6,8,10H,1-2,7H2;1-4H,(H2,10,14)(H,11,13)/t10-;/m1./s1. The number of rotatable bonds is 2. The number of carbonyl (C=O) groups is 1. The number of halogens is 4. The molecular formula is C25H19ClF3N3O2. The number of fused-ring (bicyclic) bond motifs is 2. The minimum atomic E-state index is -1.01. The molecule has 0 spiro atoms. The van der Waals surface area contributed by atoms with Crippen molar-refractivity contribution in [3.63, 3.8) is 0 Å². The van der Waals surface area contributed by atoms with Gasteiger partial charge in [0.15, 0.2) is 17.1 Å². The molecule has 1 atom stereocenters. The minimum Gasteiger partial charge on any atom is -0.364 e. The zero-order valence-corrected chi connectivity index (χ0v) is 18.5. The van der Waals surface area contributed by atoms with Crippen LogP contribution in [0.3, 0.4) is 0 Å². The van der Waals surface area contributed by atoms with Crippen LogP contribution in [0.15, 0.2) is 59.7 Å². The summed E-state index contributed by atoms with van der Waals surface area (Å²) in [6, 6.07) is 10.3. The summed E-state index contributed by atoms with van der Waals surface area (Å²) in [6.45, 7) is 0. The molecule has 0 bridgehead atoms. The zero-order chi connectivity index (χ0) is 24.4. The fourth-order valence-corrected chi connectivity index (χ4v) is 4.46. The predicted octanol–water partition coefficient (Wildman–Crippen LogP) is 5.05. The fraction of sp³-hybridized carbons (Fsp3) is 0.160. The molecule has 3 N–H and O–H groups in total.